The van der Waals surface area contributed by atoms with Crippen molar-refractivity contribution in [2.45, 2.75) is 46.8 Å². The molecule has 13 heteroatoms. The van der Waals surface area contributed by atoms with E-state index in [9.17, 15) is 14.4 Å². The molecule has 44 heavy (non-hydrogen) atoms. The molecule has 2 aromatic carbocycles. The smallest absolute Gasteiger partial charge is 0.343 e. The standard InChI is InChI=1S/C31H32I2N2O8S/c1-7-40-23-12-18(9-10-22(23)42-15-25(36)39-6)27-26(30(38)41-8-2)17(5)34-31-35(27)29(37)24(44-31)13-19-11-20(32)14-21(33)28(19)43-16(3)4/h9-14,16,27H,7-8,15H2,1-6H3/b24-13+/t27-/m0/s1. The molecule has 0 saturated heterocycles. The van der Waals surface area contributed by atoms with Gasteiger partial charge in [0.05, 0.1) is 51.8 Å². The minimum atomic E-state index is -0.858. The number of ether oxygens (including phenoxy) is 5. The van der Waals surface area contributed by atoms with Crippen molar-refractivity contribution >= 4 is 74.5 Å². The van der Waals surface area contributed by atoms with E-state index < -0.39 is 18.0 Å². The first-order chi connectivity index (χ1) is 21.0. The van der Waals surface area contributed by atoms with Crippen LogP contribution in [0.1, 0.15) is 51.8 Å². The maximum atomic E-state index is 14.2. The Kier molecular flexibility index (Phi) is 11.5. The first-order valence-corrected chi connectivity index (χ1v) is 16.8. The molecule has 1 aliphatic rings. The minimum Gasteiger partial charge on any atom is -0.490 e. The van der Waals surface area contributed by atoms with Crippen LogP contribution in [0.15, 0.2) is 51.4 Å². The number of hydrogen-bond donors (Lipinski definition) is 0. The van der Waals surface area contributed by atoms with Gasteiger partial charge in [-0.3, -0.25) is 9.36 Å². The Labute approximate surface area is 286 Å². The molecular formula is C31H32I2N2O8S. The molecule has 1 aliphatic heterocycles. The number of hydrogen-bond acceptors (Lipinski definition) is 10. The summed E-state index contributed by atoms with van der Waals surface area (Å²) in [6.07, 6.45) is 1.74. The van der Waals surface area contributed by atoms with E-state index in [2.05, 4.69) is 54.9 Å². The van der Waals surface area contributed by atoms with Gasteiger partial charge in [0, 0.05) is 9.13 Å². The highest BCUT2D eigenvalue weighted by Crippen LogP contribution is 2.36. The Morgan fingerprint density at radius 3 is 2.50 bits per heavy atom. The Hall–Kier alpha value is -2.92. The van der Waals surface area contributed by atoms with Gasteiger partial charge in [-0.25, -0.2) is 14.6 Å². The van der Waals surface area contributed by atoms with Crippen molar-refractivity contribution < 1.29 is 33.3 Å². The second-order valence-corrected chi connectivity index (χ2v) is 13.2. The highest BCUT2D eigenvalue weighted by molar-refractivity contribution is 14.1. The molecule has 234 valence electrons. The highest BCUT2D eigenvalue weighted by atomic mass is 127. The number of benzene rings is 2. The van der Waals surface area contributed by atoms with Crippen molar-refractivity contribution in [2.24, 2.45) is 4.99 Å². The van der Waals surface area contributed by atoms with Gasteiger partial charge in [-0.05, 0) is 116 Å². The van der Waals surface area contributed by atoms with Crippen molar-refractivity contribution in [3.8, 4) is 17.2 Å². The highest BCUT2D eigenvalue weighted by Gasteiger charge is 2.34. The van der Waals surface area contributed by atoms with Crippen LogP contribution in [0.25, 0.3) is 6.08 Å². The molecule has 4 rings (SSSR count). The van der Waals surface area contributed by atoms with Crippen LogP contribution in [0.3, 0.4) is 0 Å². The summed E-state index contributed by atoms with van der Waals surface area (Å²) in [5.74, 6) is 0.236. The number of methoxy groups -OCH3 is 1. The molecule has 0 unspecified atom stereocenters. The van der Waals surface area contributed by atoms with Gasteiger partial charge < -0.3 is 23.7 Å². The molecule has 2 heterocycles. The number of nitrogens with zero attached hydrogens (tertiary/aromatic N) is 2. The summed E-state index contributed by atoms with van der Waals surface area (Å²) in [5, 5.41) is 0. The van der Waals surface area contributed by atoms with Gasteiger partial charge >= 0.3 is 11.9 Å². The van der Waals surface area contributed by atoms with Crippen LogP contribution in [-0.2, 0) is 19.1 Å². The van der Waals surface area contributed by atoms with Crippen LogP contribution in [-0.4, -0.2) is 49.5 Å². The average Bonchev–Trinajstić information content (AvgIpc) is 3.27. The fraction of sp³-hybridized carbons (Fsp3) is 0.355. The summed E-state index contributed by atoms with van der Waals surface area (Å²) in [5.41, 5.74) is 1.71. The molecule has 0 radical (unpaired) electrons. The second kappa shape index (κ2) is 14.9. The van der Waals surface area contributed by atoms with Crippen molar-refractivity contribution in [1.29, 1.82) is 0 Å². The monoisotopic (exact) mass is 846 g/mol. The average molecular weight is 846 g/mol. The molecule has 0 aliphatic carbocycles. The van der Waals surface area contributed by atoms with Crippen LogP contribution in [0, 0.1) is 7.14 Å². The lowest BCUT2D eigenvalue weighted by Gasteiger charge is -2.25. The minimum absolute atomic E-state index is 0.0640. The van der Waals surface area contributed by atoms with E-state index >= 15 is 0 Å². The lowest BCUT2D eigenvalue weighted by molar-refractivity contribution is -0.143. The molecule has 0 spiro atoms. The molecule has 10 nitrogen and oxygen atoms in total. The summed E-state index contributed by atoms with van der Waals surface area (Å²) in [4.78, 5) is 44.3. The number of carbonyl (C=O) groups excluding carboxylic acids is 2. The van der Waals surface area contributed by atoms with Crippen LogP contribution < -0.4 is 29.1 Å². The third-order valence-electron chi connectivity index (χ3n) is 6.35. The van der Waals surface area contributed by atoms with Gasteiger partial charge in [-0.2, -0.15) is 0 Å². The first kappa shape index (κ1) is 34.0. The number of carbonyl (C=O) groups is 2. The van der Waals surface area contributed by atoms with E-state index in [0.29, 0.717) is 44.4 Å². The SMILES string of the molecule is CCOC(=O)C1=C(C)N=c2s/c(=C/c3cc(I)cc(I)c3OC(C)C)c(=O)n2[C@H]1c1ccc(OCC(=O)OC)c(OCC)c1. The third kappa shape index (κ3) is 7.47. The number of allylic oxidation sites excluding steroid dienone is 1. The van der Waals surface area contributed by atoms with E-state index in [0.717, 1.165) is 12.7 Å². The van der Waals surface area contributed by atoms with Gasteiger partial charge in [0.2, 0.25) is 0 Å². The molecule has 0 amide bonds. The van der Waals surface area contributed by atoms with Crippen LogP contribution in [0.5, 0.6) is 17.2 Å². The number of rotatable bonds is 11. The maximum absolute atomic E-state index is 14.2. The third-order valence-corrected chi connectivity index (χ3v) is 8.76. The zero-order chi connectivity index (χ0) is 32.1. The molecule has 0 N–H and O–H groups in total. The van der Waals surface area contributed by atoms with E-state index in [1.165, 1.54) is 23.0 Å². The second-order valence-electron chi connectivity index (χ2n) is 9.78. The summed E-state index contributed by atoms with van der Waals surface area (Å²) < 4.78 is 31.6. The number of aromatic nitrogens is 1. The molecule has 0 fully saturated rings. The molecular weight excluding hydrogens is 814 g/mol. The Bertz CT molecular complexity index is 1790. The van der Waals surface area contributed by atoms with Gasteiger partial charge in [-0.15, -0.1) is 0 Å². The summed E-state index contributed by atoms with van der Waals surface area (Å²) in [6, 6.07) is 8.19. The van der Waals surface area contributed by atoms with Gasteiger partial charge in [-0.1, -0.05) is 17.4 Å². The molecule has 3 aromatic rings. The zero-order valence-corrected chi connectivity index (χ0v) is 30.2. The van der Waals surface area contributed by atoms with Crippen LogP contribution in [0.2, 0.25) is 0 Å². The van der Waals surface area contributed by atoms with Crippen molar-refractivity contribution in [1.82, 2.24) is 4.57 Å². The summed E-state index contributed by atoms with van der Waals surface area (Å²) in [6.45, 7) is 9.33. The number of thiazole rings is 1. The van der Waals surface area contributed by atoms with E-state index in [4.69, 9.17) is 18.9 Å². The van der Waals surface area contributed by atoms with Gasteiger partial charge in [0.1, 0.15) is 5.75 Å². The Morgan fingerprint density at radius 2 is 1.84 bits per heavy atom. The van der Waals surface area contributed by atoms with E-state index in [-0.39, 0.29) is 30.5 Å². The molecule has 1 aromatic heterocycles. The molecule has 0 bridgehead atoms. The predicted molar refractivity (Wildman–Crippen MR) is 183 cm³/mol. The Balaban J connectivity index is 1.94. The zero-order valence-electron chi connectivity index (χ0n) is 25.1. The van der Waals surface area contributed by atoms with Crippen LogP contribution in [0.4, 0.5) is 0 Å². The van der Waals surface area contributed by atoms with E-state index in [1.807, 2.05) is 39.0 Å². The lowest BCUT2D eigenvalue weighted by Crippen LogP contribution is -2.40. The predicted octanol–water partition coefficient (Wildman–Crippen LogP) is 4.75. The van der Waals surface area contributed by atoms with E-state index in [1.54, 1.807) is 32.0 Å². The van der Waals surface area contributed by atoms with Crippen LogP contribution >= 0.6 is 56.5 Å². The van der Waals surface area contributed by atoms with Gasteiger partial charge in [0.15, 0.2) is 22.9 Å². The first-order valence-electron chi connectivity index (χ1n) is 13.8. The normalized spacial score (nSPS) is 14.7. The molecule has 1 atom stereocenters. The van der Waals surface area contributed by atoms with Crippen molar-refractivity contribution in [3.63, 3.8) is 0 Å². The summed E-state index contributed by atoms with van der Waals surface area (Å²) in [7, 11) is 1.28. The Morgan fingerprint density at radius 1 is 1.09 bits per heavy atom. The van der Waals surface area contributed by atoms with Gasteiger partial charge in [0.25, 0.3) is 5.56 Å². The number of esters is 2. The topological polar surface area (TPSA) is 115 Å². The van der Waals surface area contributed by atoms with Crippen molar-refractivity contribution in [2.75, 3.05) is 26.9 Å². The quantitative estimate of drug-likeness (QED) is 0.201. The fourth-order valence-corrected chi connectivity index (χ4v) is 7.63. The fourth-order valence-electron chi connectivity index (χ4n) is 4.57. The molecule has 0 saturated carbocycles. The number of halogens is 2. The largest absolute Gasteiger partial charge is 0.490 e. The van der Waals surface area contributed by atoms with Crippen molar-refractivity contribution in [3.05, 3.63) is 79.6 Å². The lowest BCUT2D eigenvalue weighted by atomic mass is 9.95. The maximum Gasteiger partial charge on any atom is 0.343 e. The number of fused-ring (bicyclic) bond motifs is 1. The summed E-state index contributed by atoms with van der Waals surface area (Å²) >= 11 is 5.70.